The Balaban J connectivity index is 2.53. The molecule has 1 saturated carbocycles. The first-order valence-electron chi connectivity index (χ1n) is 9.00. The van der Waals surface area contributed by atoms with E-state index in [-0.39, 0.29) is 11.6 Å². The molecular formula is C18H36N2O2S. The van der Waals surface area contributed by atoms with Gasteiger partial charge in [-0.1, -0.05) is 19.8 Å². The standard InChI is InChI=1S/C18H36N2O2S/c1-15-10-6-7-11-18(15,20-12-8-9-13-23-5)14-19-16(21)22-17(2,3)4/h15,20H,6-14H2,1-5H3,(H,19,21). The van der Waals surface area contributed by atoms with Crippen LogP contribution in [0.1, 0.15) is 66.2 Å². The van der Waals surface area contributed by atoms with Gasteiger partial charge in [0.25, 0.3) is 0 Å². The fraction of sp³-hybridized carbons (Fsp3) is 0.944. The highest BCUT2D eigenvalue weighted by molar-refractivity contribution is 7.98. The van der Waals surface area contributed by atoms with Crippen LogP contribution in [0.2, 0.25) is 0 Å². The van der Waals surface area contributed by atoms with Gasteiger partial charge in [-0.2, -0.15) is 11.8 Å². The average Bonchev–Trinajstić information content (AvgIpc) is 2.46. The van der Waals surface area contributed by atoms with Crippen molar-refractivity contribution in [2.45, 2.75) is 77.4 Å². The zero-order valence-electron chi connectivity index (χ0n) is 15.7. The molecule has 2 N–H and O–H groups in total. The predicted molar refractivity (Wildman–Crippen MR) is 100 cm³/mol. The van der Waals surface area contributed by atoms with Crippen molar-refractivity contribution in [3.63, 3.8) is 0 Å². The zero-order chi connectivity index (χ0) is 17.3. The van der Waals surface area contributed by atoms with Gasteiger partial charge in [0.2, 0.25) is 0 Å². The number of alkyl carbamates (subject to hydrolysis) is 1. The predicted octanol–water partition coefficient (Wildman–Crippen LogP) is 4.19. The van der Waals surface area contributed by atoms with Gasteiger partial charge in [0.15, 0.2) is 0 Å². The Kier molecular flexibility index (Phi) is 8.76. The molecule has 0 aliphatic heterocycles. The van der Waals surface area contributed by atoms with Gasteiger partial charge in [-0.25, -0.2) is 4.79 Å². The average molecular weight is 345 g/mol. The Morgan fingerprint density at radius 2 is 2.04 bits per heavy atom. The van der Waals surface area contributed by atoms with Crippen LogP contribution in [-0.2, 0) is 4.74 Å². The summed E-state index contributed by atoms with van der Waals surface area (Å²) in [5, 5.41) is 6.79. The molecule has 1 fully saturated rings. The topological polar surface area (TPSA) is 50.4 Å². The van der Waals surface area contributed by atoms with E-state index in [0.29, 0.717) is 12.5 Å². The van der Waals surface area contributed by atoms with Crippen LogP contribution in [0.5, 0.6) is 0 Å². The maximum Gasteiger partial charge on any atom is 0.407 e. The normalized spacial score (nSPS) is 25.2. The summed E-state index contributed by atoms with van der Waals surface area (Å²) in [7, 11) is 0. The summed E-state index contributed by atoms with van der Waals surface area (Å²) >= 11 is 1.91. The molecule has 0 saturated heterocycles. The molecule has 0 aromatic carbocycles. The van der Waals surface area contributed by atoms with Gasteiger partial charge < -0.3 is 15.4 Å². The second-order valence-electron chi connectivity index (χ2n) is 7.79. The van der Waals surface area contributed by atoms with E-state index in [0.717, 1.165) is 13.0 Å². The van der Waals surface area contributed by atoms with E-state index in [9.17, 15) is 4.79 Å². The number of ether oxygens (including phenoxy) is 1. The summed E-state index contributed by atoms with van der Waals surface area (Å²) in [5.41, 5.74) is -0.421. The summed E-state index contributed by atoms with van der Waals surface area (Å²) < 4.78 is 5.39. The van der Waals surface area contributed by atoms with Crippen molar-refractivity contribution in [2.24, 2.45) is 5.92 Å². The number of nitrogens with one attached hydrogen (secondary N) is 2. The lowest BCUT2D eigenvalue weighted by atomic mass is 9.73. The number of unbranched alkanes of at least 4 members (excludes halogenated alkanes) is 1. The Morgan fingerprint density at radius 3 is 2.65 bits per heavy atom. The summed E-state index contributed by atoms with van der Waals surface area (Å²) in [5.74, 6) is 1.80. The first-order chi connectivity index (χ1) is 10.8. The van der Waals surface area contributed by atoms with Crippen molar-refractivity contribution in [3.8, 4) is 0 Å². The molecule has 0 heterocycles. The molecule has 4 nitrogen and oxygen atoms in total. The first-order valence-corrected chi connectivity index (χ1v) is 10.4. The van der Waals surface area contributed by atoms with Crippen LogP contribution in [0.25, 0.3) is 0 Å². The fourth-order valence-corrected chi connectivity index (χ4v) is 3.75. The largest absolute Gasteiger partial charge is 0.444 e. The molecule has 0 radical (unpaired) electrons. The van der Waals surface area contributed by atoms with Gasteiger partial charge >= 0.3 is 6.09 Å². The minimum atomic E-state index is -0.444. The van der Waals surface area contributed by atoms with Gasteiger partial charge in [-0.05, 0) is 70.9 Å². The van der Waals surface area contributed by atoms with Crippen LogP contribution in [0.3, 0.4) is 0 Å². The van der Waals surface area contributed by atoms with Crippen LogP contribution in [-0.4, -0.2) is 42.3 Å². The van der Waals surface area contributed by atoms with Crippen LogP contribution in [0.15, 0.2) is 0 Å². The molecular weight excluding hydrogens is 308 g/mol. The van der Waals surface area contributed by atoms with E-state index in [1.807, 2.05) is 32.5 Å². The maximum absolute atomic E-state index is 12.0. The maximum atomic E-state index is 12.0. The number of amides is 1. The molecule has 0 aromatic rings. The van der Waals surface area contributed by atoms with Crippen molar-refractivity contribution in [1.82, 2.24) is 10.6 Å². The molecule has 1 aliphatic carbocycles. The molecule has 0 aromatic heterocycles. The Labute approximate surface area is 146 Å². The van der Waals surface area contributed by atoms with E-state index in [2.05, 4.69) is 23.8 Å². The van der Waals surface area contributed by atoms with Crippen molar-refractivity contribution in [1.29, 1.82) is 0 Å². The van der Waals surface area contributed by atoms with Gasteiger partial charge in [0.1, 0.15) is 5.60 Å². The van der Waals surface area contributed by atoms with Gasteiger partial charge in [0.05, 0.1) is 0 Å². The van der Waals surface area contributed by atoms with Gasteiger partial charge in [-0.15, -0.1) is 0 Å². The van der Waals surface area contributed by atoms with Crippen molar-refractivity contribution in [2.75, 3.05) is 25.1 Å². The first kappa shape index (κ1) is 20.6. The van der Waals surface area contributed by atoms with Crippen molar-refractivity contribution in [3.05, 3.63) is 0 Å². The molecule has 2 unspecified atom stereocenters. The fourth-order valence-electron chi connectivity index (χ4n) is 3.25. The third-order valence-corrected chi connectivity index (χ3v) is 5.35. The Morgan fingerprint density at radius 1 is 1.30 bits per heavy atom. The van der Waals surface area contributed by atoms with Gasteiger partial charge in [-0.3, -0.25) is 0 Å². The molecule has 23 heavy (non-hydrogen) atoms. The second-order valence-corrected chi connectivity index (χ2v) is 8.77. The number of carbonyl (C=O) groups is 1. The molecule has 136 valence electrons. The molecule has 1 aliphatic rings. The smallest absolute Gasteiger partial charge is 0.407 e. The number of thioether (sulfide) groups is 1. The van der Waals surface area contributed by atoms with Crippen molar-refractivity contribution < 1.29 is 9.53 Å². The summed E-state index contributed by atoms with van der Waals surface area (Å²) in [6.45, 7) is 9.69. The highest BCUT2D eigenvalue weighted by atomic mass is 32.2. The lowest BCUT2D eigenvalue weighted by Gasteiger charge is -2.44. The molecule has 5 heteroatoms. The number of hydrogen-bond acceptors (Lipinski definition) is 4. The third-order valence-electron chi connectivity index (χ3n) is 4.65. The van der Waals surface area contributed by atoms with Crippen LogP contribution >= 0.6 is 11.8 Å². The minimum Gasteiger partial charge on any atom is -0.444 e. The van der Waals surface area contributed by atoms with E-state index < -0.39 is 5.60 Å². The summed E-state index contributed by atoms with van der Waals surface area (Å²) in [4.78, 5) is 12.0. The lowest BCUT2D eigenvalue weighted by Crippen LogP contribution is -2.59. The minimum absolute atomic E-state index is 0.0223. The van der Waals surface area contributed by atoms with Crippen LogP contribution in [0.4, 0.5) is 4.79 Å². The van der Waals surface area contributed by atoms with Crippen LogP contribution < -0.4 is 10.6 Å². The number of carbonyl (C=O) groups excluding carboxylic acids is 1. The lowest BCUT2D eigenvalue weighted by molar-refractivity contribution is 0.0480. The Bertz CT molecular complexity index is 357. The molecule has 1 amide bonds. The Hall–Kier alpha value is -0.420. The summed E-state index contributed by atoms with van der Waals surface area (Å²) in [6.07, 6.45) is 9.18. The summed E-state index contributed by atoms with van der Waals surface area (Å²) in [6, 6.07) is 0. The van der Waals surface area contributed by atoms with E-state index in [1.165, 1.54) is 37.9 Å². The zero-order valence-corrected chi connectivity index (χ0v) is 16.5. The SMILES string of the molecule is CSCCCCNC1(CNC(=O)OC(C)(C)C)CCCCC1C. The molecule has 2 atom stereocenters. The van der Waals surface area contributed by atoms with E-state index in [4.69, 9.17) is 4.74 Å². The highest BCUT2D eigenvalue weighted by Crippen LogP contribution is 2.33. The van der Waals surface area contributed by atoms with Gasteiger partial charge in [0, 0.05) is 12.1 Å². The van der Waals surface area contributed by atoms with E-state index in [1.54, 1.807) is 0 Å². The van der Waals surface area contributed by atoms with Crippen molar-refractivity contribution >= 4 is 17.9 Å². The number of hydrogen-bond donors (Lipinski definition) is 2. The molecule has 0 spiro atoms. The number of rotatable bonds is 8. The molecule has 0 bridgehead atoms. The molecule has 1 rings (SSSR count). The van der Waals surface area contributed by atoms with Crippen LogP contribution in [0, 0.1) is 5.92 Å². The quantitative estimate of drug-likeness (QED) is 0.648. The highest BCUT2D eigenvalue weighted by Gasteiger charge is 2.38. The van der Waals surface area contributed by atoms with E-state index >= 15 is 0 Å². The third kappa shape index (κ3) is 7.79. The second kappa shape index (κ2) is 9.77. The monoisotopic (exact) mass is 344 g/mol.